The van der Waals surface area contributed by atoms with Crippen LogP contribution in [0.4, 0.5) is 10.8 Å². The van der Waals surface area contributed by atoms with Crippen LogP contribution in [0.2, 0.25) is 0 Å². The number of aryl methyl sites for hydroxylation is 1. The van der Waals surface area contributed by atoms with Gasteiger partial charge in [0.25, 0.3) is 0 Å². The minimum atomic E-state index is 0.366. The Morgan fingerprint density at radius 2 is 1.96 bits per heavy atom. The zero-order chi connectivity index (χ0) is 16.2. The Morgan fingerprint density at radius 3 is 2.57 bits per heavy atom. The zero-order valence-corrected chi connectivity index (χ0v) is 14.5. The van der Waals surface area contributed by atoms with Gasteiger partial charge in [-0.05, 0) is 19.8 Å². The maximum atomic E-state index is 5.33. The summed E-state index contributed by atoms with van der Waals surface area (Å²) in [4.78, 5) is 6.80. The van der Waals surface area contributed by atoms with Gasteiger partial charge in [-0.3, -0.25) is 0 Å². The number of benzene rings is 1. The first kappa shape index (κ1) is 15.9. The van der Waals surface area contributed by atoms with E-state index in [1.54, 1.807) is 14.2 Å². The van der Waals surface area contributed by atoms with Crippen LogP contribution in [0.5, 0.6) is 11.5 Å². The molecule has 1 fully saturated rings. The number of nitrogens with one attached hydrogen (secondary N) is 1. The third-order valence-corrected chi connectivity index (χ3v) is 4.80. The molecule has 1 unspecified atom stereocenters. The molecule has 1 aliphatic heterocycles. The number of hydrogen-bond donors (Lipinski definition) is 1. The van der Waals surface area contributed by atoms with E-state index in [1.807, 2.05) is 25.1 Å². The van der Waals surface area contributed by atoms with Crippen molar-refractivity contribution < 1.29 is 9.47 Å². The van der Waals surface area contributed by atoms with Gasteiger partial charge < -0.3 is 19.7 Å². The summed E-state index contributed by atoms with van der Waals surface area (Å²) < 4.78 is 14.9. The molecule has 2 heterocycles. The summed E-state index contributed by atoms with van der Waals surface area (Å²) >= 11 is 1.47. The highest BCUT2D eigenvalue weighted by atomic mass is 32.1. The van der Waals surface area contributed by atoms with Crippen molar-refractivity contribution in [3.8, 4) is 11.5 Å². The van der Waals surface area contributed by atoms with Crippen molar-refractivity contribution in [1.29, 1.82) is 0 Å². The van der Waals surface area contributed by atoms with Crippen LogP contribution in [0.25, 0.3) is 0 Å². The lowest BCUT2D eigenvalue weighted by Gasteiger charge is -2.33. The normalized spacial score (nSPS) is 17.9. The molecule has 1 aromatic heterocycles. The molecule has 23 heavy (non-hydrogen) atoms. The van der Waals surface area contributed by atoms with E-state index >= 15 is 0 Å². The molecule has 0 amide bonds. The molecule has 6 nitrogen and oxygen atoms in total. The third-order valence-electron chi connectivity index (χ3n) is 3.93. The molecule has 1 aromatic carbocycles. The minimum absolute atomic E-state index is 0.366. The Labute approximate surface area is 140 Å². The number of piperidine rings is 1. The summed E-state index contributed by atoms with van der Waals surface area (Å²) in [5, 5.41) is 4.60. The average molecular weight is 334 g/mol. The van der Waals surface area contributed by atoms with E-state index < -0.39 is 0 Å². The number of rotatable bonds is 5. The highest BCUT2D eigenvalue weighted by Gasteiger charge is 2.22. The number of ether oxygens (including phenoxy) is 2. The molecule has 0 radical (unpaired) electrons. The lowest BCUT2D eigenvalue weighted by molar-refractivity contribution is 0.394. The van der Waals surface area contributed by atoms with Crippen LogP contribution in [0.15, 0.2) is 18.2 Å². The molecule has 3 rings (SSSR count). The van der Waals surface area contributed by atoms with Crippen molar-refractivity contribution in [2.45, 2.75) is 25.8 Å². The lowest BCUT2D eigenvalue weighted by atomic mass is 10.1. The van der Waals surface area contributed by atoms with E-state index in [2.05, 4.69) is 19.6 Å². The predicted octanol–water partition coefficient (Wildman–Crippen LogP) is 2.94. The Kier molecular flexibility index (Phi) is 4.85. The van der Waals surface area contributed by atoms with Crippen molar-refractivity contribution >= 4 is 22.4 Å². The van der Waals surface area contributed by atoms with Crippen LogP contribution in [0, 0.1) is 6.92 Å². The van der Waals surface area contributed by atoms with E-state index in [0.29, 0.717) is 6.04 Å². The summed E-state index contributed by atoms with van der Waals surface area (Å²) in [6.07, 6.45) is 2.27. The molecule has 0 saturated carbocycles. The van der Waals surface area contributed by atoms with Crippen LogP contribution in [0.1, 0.15) is 18.7 Å². The number of aromatic nitrogens is 2. The van der Waals surface area contributed by atoms with E-state index in [0.717, 1.165) is 54.1 Å². The van der Waals surface area contributed by atoms with Gasteiger partial charge in [-0.2, -0.15) is 4.37 Å². The largest absolute Gasteiger partial charge is 0.497 e. The molecule has 1 N–H and O–H groups in total. The van der Waals surface area contributed by atoms with Crippen LogP contribution in [-0.4, -0.2) is 42.7 Å². The fourth-order valence-corrected chi connectivity index (χ4v) is 3.52. The molecule has 1 atom stereocenters. The summed E-state index contributed by atoms with van der Waals surface area (Å²) in [5.41, 5.74) is 1.02. The first-order valence-corrected chi connectivity index (χ1v) is 8.50. The monoisotopic (exact) mass is 334 g/mol. The van der Waals surface area contributed by atoms with Gasteiger partial charge in [-0.1, -0.05) is 0 Å². The number of nitrogens with zero attached hydrogens (tertiary/aromatic N) is 3. The Hall–Kier alpha value is -2.02. The lowest BCUT2D eigenvalue weighted by Crippen LogP contribution is -2.42. The maximum absolute atomic E-state index is 5.33. The second-order valence-corrected chi connectivity index (χ2v) is 6.39. The molecule has 124 valence electrons. The quantitative estimate of drug-likeness (QED) is 0.907. The molecular weight excluding hydrogens is 312 g/mol. The van der Waals surface area contributed by atoms with Gasteiger partial charge in [0.05, 0.1) is 14.2 Å². The molecular formula is C16H22N4O2S. The molecule has 0 bridgehead atoms. The van der Waals surface area contributed by atoms with Gasteiger partial charge in [0.1, 0.15) is 17.3 Å². The zero-order valence-electron chi connectivity index (χ0n) is 13.7. The van der Waals surface area contributed by atoms with Gasteiger partial charge >= 0.3 is 0 Å². The SMILES string of the molecule is COc1cc(NC2CCCN(c3nc(C)ns3)C2)cc(OC)c1. The van der Waals surface area contributed by atoms with Crippen LogP contribution in [-0.2, 0) is 0 Å². The van der Waals surface area contributed by atoms with Crippen molar-refractivity contribution in [2.75, 3.05) is 37.5 Å². The van der Waals surface area contributed by atoms with Crippen molar-refractivity contribution in [3.63, 3.8) is 0 Å². The first-order valence-electron chi connectivity index (χ1n) is 7.73. The van der Waals surface area contributed by atoms with Crippen molar-refractivity contribution in [3.05, 3.63) is 24.0 Å². The maximum Gasteiger partial charge on any atom is 0.205 e. The van der Waals surface area contributed by atoms with Gasteiger partial charge in [0.2, 0.25) is 5.13 Å². The van der Waals surface area contributed by atoms with Gasteiger partial charge in [-0.25, -0.2) is 4.98 Å². The molecule has 1 saturated heterocycles. The Morgan fingerprint density at radius 1 is 1.22 bits per heavy atom. The van der Waals surface area contributed by atoms with Gasteiger partial charge in [0.15, 0.2) is 0 Å². The smallest absolute Gasteiger partial charge is 0.205 e. The highest BCUT2D eigenvalue weighted by molar-refractivity contribution is 7.09. The number of methoxy groups -OCH3 is 2. The second-order valence-electron chi connectivity index (χ2n) is 5.66. The first-order chi connectivity index (χ1) is 11.2. The van der Waals surface area contributed by atoms with E-state index in [4.69, 9.17) is 9.47 Å². The standard InChI is InChI=1S/C16H22N4O2S/c1-11-17-16(23-19-11)20-6-4-5-12(10-20)18-13-7-14(21-2)9-15(8-13)22-3/h7-9,12,18H,4-6,10H2,1-3H3. The van der Waals surface area contributed by atoms with Crippen LogP contribution in [0.3, 0.4) is 0 Å². The van der Waals surface area contributed by atoms with E-state index in [-0.39, 0.29) is 0 Å². The Bertz CT molecular complexity index is 639. The van der Waals surface area contributed by atoms with E-state index in [1.165, 1.54) is 11.5 Å². The fourth-order valence-electron chi connectivity index (χ4n) is 2.81. The number of hydrogen-bond acceptors (Lipinski definition) is 7. The average Bonchev–Trinajstić information content (AvgIpc) is 3.01. The van der Waals surface area contributed by atoms with Gasteiger partial charge in [0, 0.05) is 54.6 Å². The van der Waals surface area contributed by atoms with Crippen LogP contribution < -0.4 is 19.7 Å². The topological polar surface area (TPSA) is 59.5 Å². The fraction of sp³-hybridized carbons (Fsp3) is 0.500. The second kappa shape index (κ2) is 7.04. The molecule has 2 aromatic rings. The molecule has 0 aliphatic carbocycles. The highest BCUT2D eigenvalue weighted by Crippen LogP contribution is 2.28. The van der Waals surface area contributed by atoms with Crippen LogP contribution >= 0.6 is 11.5 Å². The molecule has 1 aliphatic rings. The van der Waals surface area contributed by atoms with Gasteiger partial charge in [-0.15, -0.1) is 0 Å². The van der Waals surface area contributed by atoms with E-state index in [9.17, 15) is 0 Å². The number of anilines is 2. The van der Waals surface area contributed by atoms with Crippen molar-refractivity contribution in [2.24, 2.45) is 0 Å². The minimum Gasteiger partial charge on any atom is -0.497 e. The molecule has 7 heteroatoms. The summed E-state index contributed by atoms with van der Waals surface area (Å²) in [5.74, 6) is 2.43. The third kappa shape index (κ3) is 3.85. The predicted molar refractivity (Wildman–Crippen MR) is 93.0 cm³/mol. The van der Waals surface area contributed by atoms with Crippen molar-refractivity contribution in [1.82, 2.24) is 9.36 Å². The Balaban J connectivity index is 1.70. The molecule has 0 spiro atoms. The summed E-state index contributed by atoms with van der Waals surface area (Å²) in [7, 11) is 3.33. The summed E-state index contributed by atoms with van der Waals surface area (Å²) in [6.45, 7) is 3.89. The summed E-state index contributed by atoms with van der Waals surface area (Å²) in [6, 6.07) is 6.24.